The largest absolute Gasteiger partial charge is 0.314 e. The number of hydrogen-bond acceptors (Lipinski definition) is 2. The lowest BCUT2D eigenvalue weighted by atomic mass is 10.2. The third-order valence-corrected chi connectivity index (χ3v) is 5.80. The van der Waals surface area contributed by atoms with Gasteiger partial charge in [-0.2, -0.15) is 0 Å². The molecule has 4 heteroatoms. The Labute approximate surface area is 107 Å². The Hall–Kier alpha value is 0.430. The van der Waals surface area contributed by atoms with E-state index in [4.69, 9.17) is 11.6 Å². The average molecular weight is 307 g/mol. The number of nitrogens with one attached hydrogen (secondary N) is 1. The maximum atomic E-state index is 6.04. The van der Waals surface area contributed by atoms with Crippen LogP contribution in [0.4, 0.5) is 0 Å². The van der Waals surface area contributed by atoms with Crippen LogP contribution in [-0.2, 0) is 0 Å². The van der Waals surface area contributed by atoms with Crippen LogP contribution in [0.3, 0.4) is 0 Å². The summed E-state index contributed by atoms with van der Waals surface area (Å²) in [4.78, 5) is 1.45. The SMILES string of the molecule is Clc1sc(C2CC2CNC2CC2)cc1Br. The van der Waals surface area contributed by atoms with Gasteiger partial charge < -0.3 is 5.32 Å². The summed E-state index contributed by atoms with van der Waals surface area (Å²) in [7, 11) is 0. The lowest BCUT2D eigenvalue weighted by Crippen LogP contribution is -2.19. The standard InChI is InChI=1S/C11H13BrClNS/c12-9-4-10(15-11(9)13)8-3-6(8)5-14-7-1-2-7/h4,6-8,14H,1-3,5H2. The Morgan fingerprint density at radius 3 is 2.93 bits per heavy atom. The van der Waals surface area contributed by atoms with Gasteiger partial charge in [-0.1, -0.05) is 11.6 Å². The Kier molecular flexibility index (Phi) is 2.84. The normalized spacial score (nSPS) is 29.5. The number of halogens is 2. The van der Waals surface area contributed by atoms with E-state index in [2.05, 4.69) is 27.3 Å². The van der Waals surface area contributed by atoms with Crippen LogP contribution in [-0.4, -0.2) is 12.6 Å². The molecule has 2 saturated carbocycles. The Balaban J connectivity index is 1.56. The van der Waals surface area contributed by atoms with Crippen molar-refractivity contribution in [2.75, 3.05) is 6.54 Å². The summed E-state index contributed by atoms with van der Waals surface area (Å²) in [6.45, 7) is 1.20. The first-order valence-corrected chi connectivity index (χ1v) is 7.41. The number of hydrogen-bond donors (Lipinski definition) is 1. The van der Waals surface area contributed by atoms with Crippen molar-refractivity contribution in [3.05, 3.63) is 19.8 Å². The lowest BCUT2D eigenvalue weighted by Gasteiger charge is -1.99. The molecule has 2 unspecified atom stereocenters. The molecule has 0 aromatic carbocycles. The molecule has 82 valence electrons. The second kappa shape index (κ2) is 4.02. The molecule has 0 saturated heterocycles. The molecule has 1 aromatic heterocycles. The third-order valence-electron chi connectivity index (χ3n) is 3.20. The van der Waals surface area contributed by atoms with Gasteiger partial charge in [0.15, 0.2) is 0 Å². The predicted octanol–water partition coefficient (Wildman–Crippen LogP) is 4.02. The van der Waals surface area contributed by atoms with Gasteiger partial charge in [0.1, 0.15) is 4.34 Å². The maximum absolute atomic E-state index is 6.04. The van der Waals surface area contributed by atoms with Crippen molar-refractivity contribution in [2.45, 2.75) is 31.2 Å². The van der Waals surface area contributed by atoms with Gasteiger partial charge in [0.25, 0.3) is 0 Å². The van der Waals surface area contributed by atoms with Crippen LogP contribution in [0.1, 0.15) is 30.1 Å². The van der Waals surface area contributed by atoms with Crippen molar-refractivity contribution in [1.82, 2.24) is 5.32 Å². The topological polar surface area (TPSA) is 12.0 Å². The number of thiophene rings is 1. The van der Waals surface area contributed by atoms with Crippen molar-refractivity contribution in [1.29, 1.82) is 0 Å². The van der Waals surface area contributed by atoms with Crippen molar-refractivity contribution >= 4 is 38.9 Å². The van der Waals surface area contributed by atoms with Crippen LogP contribution in [0.5, 0.6) is 0 Å². The molecule has 2 fully saturated rings. The molecular weight excluding hydrogens is 294 g/mol. The van der Waals surface area contributed by atoms with E-state index in [9.17, 15) is 0 Å². The molecule has 0 amide bonds. The first-order valence-electron chi connectivity index (χ1n) is 5.42. The molecule has 1 N–H and O–H groups in total. The van der Waals surface area contributed by atoms with Crippen molar-refractivity contribution in [2.24, 2.45) is 5.92 Å². The molecule has 3 rings (SSSR count). The molecule has 1 nitrogen and oxygen atoms in total. The van der Waals surface area contributed by atoms with E-state index in [0.717, 1.165) is 26.7 Å². The van der Waals surface area contributed by atoms with E-state index in [1.807, 2.05) is 0 Å². The lowest BCUT2D eigenvalue weighted by molar-refractivity contribution is 0.625. The van der Waals surface area contributed by atoms with Crippen LogP contribution in [0, 0.1) is 5.92 Å². The molecule has 2 aliphatic carbocycles. The third kappa shape index (κ3) is 2.41. The van der Waals surface area contributed by atoms with E-state index in [1.165, 1.54) is 30.7 Å². The Bertz CT molecular complexity index is 355. The van der Waals surface area contributed by atoms with Crippen LogP contribution < -0.4 is 5.32 Å². The summed E-state index contributed by atoms with van der Waals surface area (Å²) in [6, 6.07) is 3.03. The minimum Gasteiger partial charge on any atom is -0.314 e. The Morgan fingerprint density at radius 2 is 2.33 bits per heavy atom. The molecule has 0 radical (unpaired) electrons. The van der Waals surface area contributed by atoms with E-state index in [0.29, 0.717) is 0 Å². The summed E-state index contributed by atoms with van der Waals surface area (Å²) >= 11 is 11.2. The second-order valence-electron chi connectivity index (χ2n) is 4.56. The molecule has 2 aliphatic rings. The fourth-order valence-corrected chi connectivity index (χ4v) is 3.92. The summed E-state index contributed by atoms with van der Waals surface area (Å²) in [6.07, 6.45) is 4.10. The molecule has 0 aliphatic heterocycles. The van der Waals surface area contributed by atoms with E-state index in [1.54, 1.807) is 11.3 Å². The highest BCUT2D eigenvalue weighted by atomic mass is 79.9. The summed E-state index contributed by atoms with van der Waals surface area (Å²) in [5, 5.41) is 3.60. The van der Waals surface area contributed by atoms with Crippen LogP contribution in [0.25, 0.3) is 0 Å². The van der Waals surface area contributed by atoms with Crippen molar-refractivity contribution in [3.63, 3.8) is 0 Å². The van der Waals surface area contributed by atoms with E-state index < -0.39 is 0 Å². The molecule has 0 bridgehead atoms. The molecule has 1 heterocycles. The van der Waals surface area contributed by atoms with Gasteiger partial charge in [0.05, 0.1) is 0 Å². The van der Waals surface area contributed by atoms with Crippen molar-refractivity contribution in [3.8, 4) is 0 Å². The molecule has 1 aromatic rings. The van der Waals surface area contributed by atoms with Gasteiger partial charge in [-0.25, -0.2) is 0 Å². The summed E-state index contributed by atoms with van der Waals surface area (Å²) in [5.41, 5.74) is 0. The predicted molar refractivity (Wildman–Crippen MR) is 68.9 cm³/mol. The minimum atomic E-state index is 0.769. The van der Waals surface area contributed by atoms with Gasteiger partial charge >= 0.3 is 0 Å². The minimum absolute atomic E-state index is 0.769. The molecule has 2 atom stereocenters. The van der Waals surface area contributed by atoms with E-state index >= 15 is 0 Å². The maximum Gasteiger partial charge on any atom is 0.107 e. The first-order chi connectivity index (χ1) is 7.24. The zero-order valence-electron chi connectivity index (χ0n) is 8.30. The zero-order chi connectivity index (χ0) is 10.4. The van der Waals surface area contributed by atoms with Crippen LogP contribution in [0.15, 0.2) is 10.5 Å². The zero-order valence-corrected chi connectivity index (χ0v) is 11.5. The highest BCUT2D eigenvalue weighted by molar-refractivity contribution is 9.10. The van der Waals surface area contributed by atoms with E-state index in [-0.39, 0.29) is 0 Å². The van der Waals surface area contributed by atoms with Gasteiger partial charge in [-0.05, 0) is 59.6 Å². The second-order valence-corrected chi connectivity index (χ2v) is 7.10. The monoisotopic (exact) mass is 305 g/mol. The van der Waals surface area contributed by atoms with Crippen LogP contribution in [0.2, 0.25) is 4.34 Å². The smallest absolute Gasteiger partial charge is 0.107 e. The number of rotatable bonds is 4. The molecule has 0 spiro atoms. The fourth-order valence-electron chi connectivity index (χ4n) is 1.97. The Morgan fingerprint density at radius 1 is 1.53 bits per heavy atom. The fraction of sp³-hybridized carbons (Fsp3) is 0.636. The first kappa shape index (κ1) is 10.6. The molecule has 15 heavy (non-hydrogen) atoms. The van der Waals surface area contributed by atoms with Crippen molar-refractivity contribution < 1.29 is 0 Å². The highest BCUT2D eigenvalue weighted by Crippen LogP contribution is 2.51. The van der Waals surface area contributed by atoms with Gasteiger partial charge in [-0.3, -0.25) is 0 Å². The molecular formula is C11H13BrClNS. The highest BCUT2D eigenvalue weighted by Gasteiger charge is 2.40. The summed E-state index contributed by atoms with van der Waals surface area (Å²) in [5.74, 6) is 1.62. The van der Waals surface area contributed by atoms with Gasteiger partial charge in [0.2, 0.25) is 0 Å². The van der Waals surface area contributed by atoms with Gasteiger partial charge in [-0.15, -0.1) is 11.3 Å². The average Bonchev–Trinajstić information content (AvgIpc) is 3.10. The van der Waals surface area contributed by atoms with Gasteiger partial charge in [0, 0.05) is 15.4 Å². The quantitative estimate of drug-likeness (QED) is 0.886. The van der Waals surface area contributed by atoms with Crippen LogP contribution >= 0.6 is 38.9 Å². The summed E-state index contributed by atoms with van der Waals surface area (Å²) < 4.78 is 1.95.